The minimum Gasteiger partial charge on any atom is -0.346 e. The van der Waals surface area contributed by atoms with Gasteiger partial charge in [-0.1, -0.05) is 29.8 Å². The maximum atomic E-state index is 12.4. The first-order valence-electron chi connectivity index (χ1n) is 7.33. The Morgan fingerprint density at radius 2 is 1.91 bits per heavy atom. The summed E-state index contributed by atoms with van der Waals surface area (Å²) in [7, 11) is 0. The fourth-order valence-electron chi connectivity index (χ4n) is 2.59. The minimum absolute atomic E-state index is 0.0272. The number of benzene rings is 2. The van der Waals surface area contributed by atoms with Crippen LogP contribution in [-0.4, -0.2) is 11.8 Å². The second-order valence-corrected chi connectivity index (χ2v) is 5.70. The number of carbonyl (C=O) groups excluding carboxylic acids is 2. The lowest BCUT2D eigenvalue weighted by molar-refractivity contribution is -0.115. The molecule has 22 heavy (non-hydrogen) atoms. The second kappa shape index (κ2) is 5.64. The van der Waals surface area contributed by atoms with Crippen molar-refractivity contribution in [2.75, 3.05) is 5.32 Å². The zero-order valence-electron chi connectivity index (χ0n) is 12.6. The largest absolute Gasteiger partial charge is 0.346 e. The molecule has 1 aliphatic rings. The molecule has 0 radical (unpaired) electrons. The predicted molar refractivity (Wildman–Crippen MR) is 85.8 cm³/mol. The molecule has 4 heteroatoms. The van der Waals surface area contributed by atoms with Gasteiger partial charge in [0.25, 0.3) is 5.91 Å². The lowest BCUT2D eigenvalue weighted by Gasteiger charge is -2.15. The van der Waals surface area contributed by atoms with Crippen LogP contribution in [0.5, 0.6) is 0 Å². The molecule has 1 atom stereocenters. The van der Waals surface area contributed by atoms with Crippen LogP contribution in [0, 0.1) is 6.92 Å². The summed E-state index contributed by atoms with van der Waals surface area (Å²) >= 11 is 0. The second-order valence-electron chi connectivity index (χ2n) is 5.70. The van der Waals surface area contributed by atoms with Crippen molar-refractivity contribution in [2.45, 2.75) is 26.3 Å². The average Bonchev–Trinajstić information content (AvgIpc) is 2.86. The molecule has 2 amide bonds. The summed E-state index contributed by atoms with van der Waals surface area (Å²) in [6.45, 7) is 3.99. The summed E-state index contributed by atoms with van der Waals surface area (Å²) in [4.78, 5) is 23.7. The van der Waals surface area contributed by atoms with Crippen LogP contribution in [0.25, 0.3) is 0 Å². The normalized spacial score (nSPS) is 14.2. The van der Waals surface area contributed by atoms with Gasteiger partial charge in [-0.05, 0) is 43.2 Å². The molecule has 112 valence electrons. The van der Waals surface area contributed by atoms with Crippen molar-refractivity contribution >= 4 is 17.5 Å². The maximum Gasteiger partial charge on any atom is 0.251 e. The van der Waals surface area contributed by atoms with Crippen LogP contribution in [0.1, 0.15) is 40.0 Å². The first kappa shape index (κ1) is 14.3. The van der Waals surface area contributed by atoms with Crippen molar-refractivity contribution in [1.82, 2.24) is 5.32 Å². The van der Waals surface area contributed by atoms with Gasteiger partial charge in [0.15, 0.2) is 0 Å². The van der Waals surface area contributed by atoms with Crippen molar-refractivity contribution in [1.29, 1.82) is 0 Å². The van der Waals surface area contributed by atoms with Gasteiger partial charge in [-0.2, -0.15) is 0 Å². The highest BCUT2D eigenvalue weighted by molar-refractivity contribution is 6.01. The molecule has 2 aromatic carbocycles. The molecule has 3 rings (SSSR count). The standard InChI is InChI=1S/C18H18N2O2/c1-11-3-5-13(6-4-11)12(2)19-18(22)14-7-8-16-15(9-14)10-17(21)20-16/h3-9,12H,10H2,1-2H3,(H,19,22)(H,20,21). The van der Waals surface area contributed by atoms with Crippen LogP contribution < -0.4 is 10.6 Å². The third-order valence-electron chi connectivity index (χ3n) is 3.92. The van der Waals surface area contributed by atoms with Crippen LogP contribution in [0.15, 0.2) is 42.5 Å². The number of aryl methyl sites for hydroxylation is 1. The molecule has 0 bridgehead atoms. The summed E-state index contributed by atoms with van der Waals surface area (Å²) in [6.07, 6.45) is 0.337. The predicted octanol–water partition coefficient (Wildman–Crippen LogP) is 2.98. The number of nitrogens with one attached hydrogen (secondary N) is 2. The number of anilines is 1. The fourth-order valence-corrected chi connectivity index (χ4v) is 2.59. The van der Waals surface area contributed by atoms with Gasteiger partial charge >= 0.3 is 0 Å². The molecule has 4 nitrogen and oxygen atoms in total. The summed E-state index contributed by atoms with van der Waals surface area (Å²) in [5.41, 5.74) is 4.51. The van der Waals surface area contributed by atoms with Crippen LogP contribution in [0.4, 0.5) is 5.69 Å². The van der Waals surface area contributed by atoms with Gasteiger partial charge in [0.1, 0.15) is 0 Å². The lowest BCUT2D eigenvalue weighted by Crippen LogP contribution is -2.26. The number of fused-ring (bicyclic) bond motifs is 1. The summed E-state index contributed by atoms with van der Waals surface area (Å²) in [6, 6.07) is 13.3. The summed E-state index contributed by atoms with van der Waals surface area (Å²) < 4.78 is 0. The molecule has 0 saturated carbocycles. The van der Waals surface area contributed by atoms with Gasteiger partial charge in [-0.25, -0.2) is 0 Å². The highest BCUT2D eigenvalue weighted by Crippen LogP contribution is 2.24. The fraction of sp³-hybridized carbons (Fsp3) is 0.222. The van der Waals surface area contributed by atoms with E-state index >= 15 is 0 Å². The van der Waals surface area contributed by atoms with E-state index in [-0.39, 0.29) is 17.9 Å². The number of hydrogen-bond acceptors (Lipinski definition) is 2. The topological polar surface area (TPSA) is 58.2 Å². The molecule has 1 heterocycles. The average molecular weight is 294 g/mol. The van der Waals surface area contributed by atoms with E-state index in [9.17, 15) is 9.59 Å². The molecule has 0 fully saturated rings. The van der Waals surface area contributed by atoms with Gasteiger partial charge in [0.05, 0.1) is 12.5 Å². The number of carbonyl (C=O) groups is 2. The number of rotatable bonds is 3. The van der Waals surface area contributed by atoms with Gasteiger partial charge in [-0.3, -0.25) is 9.59 Å². The first-order chi connectivity index (χ1) is 10.5. The molecule has 0 aromatic heterocycles. The SMILES string of the molecule is Cc1ccc(C(C)NC(=O)c2ccc3c(c2)CC(=O)N3)cc1. The Kier molecular flexibility index (Phi) is 3.67. The van der Waals surface area contributed by atoms with Gasteiger partial charge in [-0.15, -0.1) is 0 Å². The van der Waals surface area contributed by atoms with E-state index in [0.29, 0.717) is 12.0 Å². The van der Waals surface area contributed by atoms with Crippen molar-refractivity contribution < 1.29 is 9.59 Å². The molecule has 0 spiro atoms. The zero-order chi connectivity index (χ0) is 15.7. The third-order valence-corrected chi connectivity index (χ3v) is 3.92. The molecule has 1 aliphatic heterocycles. The smallest absolute Gasteiger partial charge is 0.251 e. The zero-order valence-corrected chi connectivity index (χ0v) is 12.6. The lowest BCUT2D eigenvalue weighted by atomic mass is 10.0. The molecule has 2 N–H and O–H groups in total. The van der Waals surface area contributed by atoms with Crippen LogP contribution in [0.3, 0.4) is 0 Å². The van der Waals surface area contributed by atoms with Crippen LogP contribution in [0.2, 0.25) is 0 Å². The third kappa shape index (κ3) is 2.86. The van der Waals surface area contributed by atoms with Crippen molar-refractivity contribution in [3.63, 3.8) is 0 Å². The molecular weight excluding hydrogens is 276 g/mol. The number of amides is 2. The molecular formula is C18H18N2O2. The highest BCUT2D eigenvalue weighted by Gasteiger charge is 2.19. The quantitative estimate of drug-likeness (QED) is 0.914. The summed E-state index contributed by atoms with van der Waals surface area (Å²) in [5, 5.41) is 5.75. The maximum absolute atomic E-state index is 12.4. The Balaban J connectivity index is 1.73. The van der Waals surface area contributed by atoms with Gasteiger partial charge in [0, 0.05) is 11.3 Å². The highest BCUT2D eigenvalue weighted by atomic mass is 16.2. The first-order valence-corrected chi connectivity index (χ1v) is 7.33. The van der Waals surface area contributed by atoms with Crippen LogP contribution in [-0.2, 0) is 11.2 Å². The Labute approximate surface area is 129 Å². The van der Waals surface area contributed by atoms with Crippen molar-refractivity contribution in [3.8, 4) is 0 Å². The Morgan fingerprint density at radius 1 is 1.18 bits per heavy atom. The number of hydrogen-bond donors (Lipinski definition) is 2. The summed E-state index contributed by atoms with van der Waals surface area (Å²) in [5.74, 6) is -0.157. The van der Waals surface area contributed by atoms with Gasteiger partial charge < -0.3 is 10.6 Å². The molecule has 0 aliphatic carbocycles. The van der Waals surface area contributed by atoms with E-state index in [2.05, 4.69) is 10.6 Å². The van der Waals surface area contributed by atoms with E-state index in [0.717, 1.165) is 16.8 Å². The van der Waals surface area contributed by atoms with E-state index in [1.165, 1.54) is 5.56 Å². The Bertz CT molecular complexity index is 735. The van der Waals surface area contributed by atoms with Crippen molar-refractivity contribution in [2.24, 2.45) is 0 Å². The van der Waals surface area contributed by atoms with Crippen LogP contribution >= 0.6 is 0 Å². The minimum atomic E-state index is -0.129. The van der Waals surface area contributed by atoms with Crippen molar-refractivity contribution in [3.05, 3.63) is 64.7 Å². The van der Waals surface area contributed by atoms with Gasteiger partial charge in [0.2, 0.25) is 5.91 Å². The monoisotopic (exact) mass is 294 g/mol. The Hall–Kier alpha value is -2.62. The van der Waals surface area contributed by atoms with E-state index in [1.807, 2.05) is 38.1 Å². The molecule has 2 aromatic rings. The van der Waals surface area contributed by atoms with E-state index in [4.69, 9.17) is 0 Å². The molecule has 0 saturated heterocycles. The Morgan fingerprint density at radius 3 is 2.64 bits per heavy atom. The molecule has 1 unspecified atom stereocenters. The van der Waals surface area contributed by atoms with E-state index in [1.54, 1.807) is 18.2 Å². The van der Waals surface area contributed by atoms with E-state index < -0.39 is 0 Å².